The van der Waals surface area contributed by atoms with Crippen LogP contribution in [0.2, 0.25) is 0 Å². The van der Waals surface area contributed by atoms with Crippen molar-refractivity contribution >= 4 is 0 Å². The molecule has 0 bridgehead atoms. The third-order valence-corrected chi connectivity index (χ3v) is 3.89. The minimum absolute atomic E-state index is 0.0677. The van der Waals surface area contributed by atoms with E-state index in [4.69, 9.17) is 5.73 Å². The molecule has 0 fully saturated rings. The predicted molar refractivity (Wildman–Crippen MR) is 83.4 cm³/mol. The number of hydrogen-bond acceptors (Lipinski definition) is 3. The Kier molecular flexibility index (Phi) is 6.49. The third kappa shape index (κ3) is 4.94. The van der Waals surface area contributed by atoms with Crippen molar-refractivity contribution in [1.29, 1.82) is 0 Å². The number of hydrogen-bond donors (Lipinski definition) is 1. The normalized spacial score (nSPS) is 14.9. The molecule has 1 aromatic rings. The quantitative estimate of drug-likeness (QED) is 0.818. The van der Waals surface area contributed by atoms with Crippen LogP contribution in [0.4, 0.5) is 0 Å². The van der Waals surface area contributed by atoms with Crippen LogP contribution in [0.15, 0.2) is 24.3 Å². The summed E-state index contributed by atoms with van der Waals surface area (Å²) < 4.78 is 0. The number of nitrogens with two attached hydrogens (primary N) is 1. The van der Waals surface area contributed by atoms with Crippen LogP contribution in [0, 0.1) is 0 Å². The monoisotopic (exact) mass is 263 g/mol. The van der Waals surface area contributed by atoms with Gasteiger partial charge in [0.1, 0.15) is 0 Å². The van der Waals surface area contributed by atoms with Crippen molar-refractivity contribution in [2.75, 3.05) is 34.2 Å². The van der Waals surface area contributed by atoms with Crippen LogP contribution in [-0.2, 0) is 6.42 Å². The topological polar surface area (TPSA) is 32.5 Å². The zero-order valence-corrected chi connectivity index (χ0v) is 13.1. The summed E-state index contributed by atoms with van der Waals surface area (Å²) in [6.07, 6.45) is 1.08. The SMILES string of the molecule is CCc1ccc(C(N)C(C)N(C)CCN(C)C)cc1. The molecule has 108 valence electrons. The molecule has 2 atom stereocenters. The molecule has 1 aromatic carbocycles. The molecule has 0 radical (unpaired) electrons. The maximum absolute atomic E-state index is 6.38. The molecule has 0 spiro atoms. The van der Waals surface area contributed by atoms with Gasteiger partial charge in [-0.05, 0) is 45.6 Å². The van der Waals surface area contributed by atoms with E-state index in [1.54, 1.807) is 0 Å². The van der Waals surface area contributed by atoms with E-state index in [0.29, 0.717) is 6.04 Å². The van der Waals surface area contributed by atoms with Crippen molar-refractivity contribution in [2.24, 2.45) is 5.73 Å². The highest BCUT2D eigenvalue weighted by molar-refractivity contribution is 5.25. The average molecular weight is 263 g/mol. The number of rotatable bonds is 7. The Balaban J connectivity index is 2.61. The summed E-state index contributed by atoms with van der Waals surface area (Å²) in [6.45, 7) is 6.47. The van der Waals surface area contributed by atoms with Gasteiger partial charge in [-0.15, -0.1) is 0 Å². The van der Waals surface area contributed by atoms with Gasteiger partial charge in [-0.2, -0.15) is 0 Å². The van der Waals surface area contributed by atoms with E-state index in [-0.39, 0.29) is 6.04 Å². The number of aryl methyl sites for hydroxylation is 1. The third-order valence-electron chi connectivity index (χ3n) is 3.89. The van der Waals surface area contributed by atoms with Crippen LogP contribution >= 0.6 is 0 Å². The molecule has 0 heterocycles. The smallest absolute Gasteiger partial charge is 0.0450 e. The fourth-order valence-electron chi connectivity index (χ4n) is 2.09. The van der Waals surface area contributed by atoms with Gasteiger partial charge >= 0.3 is 0 Å². The lowest BCUT2D eigenvalue weighted by molar-refractivity contribution is 0.205. The first-order valence-electron chi connectivity index (χ1n) is 7.15. The average Bonchev–Trinajstić information content (AvgIpc) is 2.43. The molecule has 0 aromatic heterocycles. The lowest BCUT2D eigenvalue weighted by Gasteiger charge is -2.30. The van der Waals surface area contributed by atoms with Crippen LogP contribution in [0.1, 0.15) is 31.0 Å². The van der Waals surface area contributed by atoms with E-state index in [1.165, 1.54) is 11.1 Å². The Labute approximate surface area is 118 Å². The summed E-state index contributed by atoms with van der Waals surface area (Å²) in [6, 6.07) is 9.11. The molecule has 0 saturated carbocycles. The van der Waals surface area contributed by atoms with Gasteiger partial charge in [-0.25, -0.2) is 0 Å². The second-order valence-electron chi connectivity index (χ2n) is 5.65. The van der Waals surface area contributed by atoms with Gasteiger partial charge in [0, 0.05) is 25.2 Å². The maximum Gasteiger partial charge on any atom is 0.0450 e. The van der Waals surface area contributed by atoms with Crippen molar-refractivity contribution in [3.8, 4) is 0 Å². The van der Waals surface area contributed by atoms with Crippen LogP contribution in [0.25, 0.3) is 0 Å². The van der Waals surface area contributed by atoms with Gasteiger partial charge in [0.2, 0.25) is 0 Å². The maximum atomic E-state index is 6.38. The zero-order valence-electron chi connectivity index (χ0n) is 13.1. The molecule has 0 saturated heterocycles. The Hall–Kier alpha value is -0.900. The molecule has 0 amide bonds. The largest absolute Gasteiger partial charge is 0.323 e. The molecule has 0 aliphatic carbocycles. The summed E-state index contributed by atoms with van der Waals surface area (Å²) in [4.78, 5) is 4.53. The molecule has 2 unspecified atom stereocenters. The Morgan fingerprint density at radius 2 is 1.63 bits per heavy atom. The molecule has 19 heavy (non-hydrogen) atoms. The van der Waals surface area contributed by atoms with Crippen LogP contribution in [0.5, 0.6) is 0 Å². The van der Waals surface area contributed by atoms with E-state index in [9.17, 15) is 0 Å². The minimum atomic E-state index is 0.0677. The highest BCUT2D eigenvalue weighted by Crippen LogP contribution is 2.18. The van der Waals surface area contributed by atoms with Crippen molar-refractivity contribution in [2.45, 2.75) is 32.4 Å². The fourth-order valence-corrected chi connectivity index (χ4v) is 2.09. The van der Waals surface area contributed by atoms with Gasteiger partial charge in [0.05, 0.1) is 0 Å². The van der Waals surface area contributed by atoms with Crippen molar-refractivity contribution in [3.63, 3.8) is 0 Å². The molecule has 3 heteroatoms. The number of benzene rings is 1. The fraction of sp³-hybridized carbons (Fsp3) is 0.625. The Morgan fingerprint density at radius 3 is 2.11 bits per heavy atom. The number of likely N-dealkylation sites (N-methyl/N-ethyl adjacent to an activating group) is 2. The first kappa shape index (κ1) is 16.2. The molecule has 2 N–H and O–H groups in total. The highest BCUT2D eigenvalue weighted by Gasteiger charge is 2.18. The molecular formula is C16H29N3. The molecular weight excluding hydrogens is 234 g/mol. The Bertz CT molecular complexity index is 359. The van der Waals surface area contributed by atoms with Crippen LogP contribution in [0.3, 0.4) is 0 Å². The van der Waals surface area contributed by atoms with E-state index >= 15 is 0 Å². The number of nitrogens with zero attached hydrogens (tertiary/aromatic N) is 2. The summed E-state index contributed by atoms with van der Waals surface area (Å²) in [5, 5.41) is 0. The zero-order chi connectivity index (χ0) is 14.4. The molecule has 0 aliphatic rings. The minimum Gasteiger partial charge on any atom is -0.323 e. The van der Waals surface area contributed by atoms with Crippen LogP contribution < -0.4 is 5.73 Å². The van der Waals surface area contributed by atoms with Crippen molar-refractivity contribution < 1.29 is 0 Å². The van der Waals surface area contributed by atoms with Crippen molar-refractivity contribution in [3.05, 3.63) is 35.4 Å². The van der Waals surface area contributed by atoms with E-state index < -0.39 is 0 Å². The second kappa shape index (κ2) is 7.63. The highest BCUT2D eigenvalue weighted by atomic mass is 15.2. The van der Waals surface area contributed by atoms with Gasteiger partial charge in [0.25, 0.3) is 0 Å². The molecule has 3 nitrogen and oxygen atoms in total. The summed E-state index contributed by atoms with van der Waals surface area (Å²) >= 11 is 0. The summed E-state index contributed by atoms with van der Waals surface area (Å²) in [5.74, 6) is 0. The molecule has 1 rings (SSSR count). The van der Waals surface area contributed by atoms with Gasteiger partial charge in [-0.3, -0.25) is 0 Å². The lowest BCUT2D eigenvalue weighted by Crippen LogP contribution is -2.41. The van der Waals surface area contributed by atoms with Crippen molar-refractivity contribution in [1.82, 2.24) is 9.80 Å². The predicted octanol–water partition coefficient (Wildman–Crippen LogP) is 2.13. The summed E-state index contributed by atoms with van der Waals surface area (Å²) in [7, 11) is 6.35. The van der Waals surface area contributed by atoms with Gasteiger partial charge in [0.15, 0.2) is 0 Å². The lowest BCUT2D eigenvalue weighted by atomic mass is 9.99. The van der Waals surface area contributed by atoms with Gasteiger partial charge < -0.3 is 15.5 Å². The first-order chi connectivity index (χ1) is 8.95. The standard InChI is InChI=1S/C16H29N3/c1-6-14-7-9-15(10-8-14)16(17)13(2)19(5)12-11-18(3)4/h7-10,13,16H,6,11-12,17H2,1-5H3. The Morgan fingerprint density at radius 1 is 1.05 bits per heavy atom. The second-order valence-corrected chi connectivity index (χ2v) is 5.65. The summed E-state index contributed by atoms with van der Waals surface area (Å²) in [5.41, 5.74) is 8.97. The first-order valence-corrected chi connectivity index (χ1v) is 7.15. The van der Waals surface area contributed by atoms with E-state index in [2.05, 4.69) is 69.1 Å². The van der Waals surface area contributed by atoms with Gasteiger partial charge in [-0.1, -0.05) is 31.2 Å². The van der Waals surface area contributed by atoms with Crippen LogP contribution in [-0.4, -0.2) is 50.1 Å². The van der Waals surface area contributed by atoms with E-state index in [0.717, 1.165) is 19.5 Å². The molecule has 0 aliphatic heterocycles. The van der Waals surface area contributed by atoms with E-state index in [1.807, 2.05) is 0 Å².